The summed E-state index contributed by atoms with van der Waals surface area (Å²) < 4.78 is 5.43. The molecule has 0 bridgehead atoms. The molecule has 0 spiro atoms. The standard InChI is InChI=1S/C10H14N4O3/c1-11-8-6-14(4-5-17-8)10-12-3-2-7(13-10)9(15)16/h2-3,8,11H,4-6H2,1H3,(H,15,16). The molecule has 7 heteroatoms. The number of carbonyl (C=O) groups is 1. The summed E-state index contributed by atoms with van der Waals surface area (Å²) in [5.41, 5.74) is 0.00231. The molecule has 0 aliphatic carbocycles. The predicted molar refractivity (Wildman–Crippen MR) is 60.0 cm³/mol. The molecule has 0 amide bonds. The van der Waals surface area contributed by atoms with Crippen LogP contribution in [-0.2, 0) is 4.74 Å². The number of nitrogens with zero attached hydrogens (tertiary/aromatic N) is 3. The Labute approximate surface area is 98.4 Å². The first-order valence-corrected chi connectivity index (χ1v) is 5.31. The average molecular weight is 238 g/mol. The molecule has 92 valence electrons. The summed E-state index contributed by atoms with van der Waals surface area (Å²) in [6.07, 6.45) is 1.37. The number of morpholine rings is 1. The van der Waals surface area contributed by atoms with E-state index in [0.29, 0.717) is 25.6 Å². The van der Waals surface area contributed by atoms with E-state index >= 15 is 0 Å². The molecular formula is C10H14N4O3. The molecule has 7 nitrogen and oxygen atoms in total. The van der Waals surface area contributed by atoms with Gasteiger partial charge in [0, 0.05) is 12.7 Å². The fourth-order valence-electron chi connectivity index (χ4n) is 1.63. The number of rotatable bonds is 3. The Balaban J connectivity index is 2.16. The summed E-state index contributed by atoms with van der Waals surface area (Å²) in [6.45, 7) is 1.81. The first-order valence-electron chi connectivity index (χ1n) is 5.31. The normalized spacial score (nSPS) is 20.3. The highest BCUT2D eigenvalue weighted by molar-refractivity contribution is 5.85. The fourth-order valence-corrected chi connectivity index (χ4v) is 1.63. The molecule has 2 rings (SSSR count). The van der Waals surface area contributed by atoms with Gasteiger partial charge < -0.3 is 14.7 Å². The third-order valence-electron chi connectivity index (χ3n) is 2.53. The Kier molecular flexibility index (Phi) is 3.50. The largest absolute Gasteiger partial charge is 0.477 e. The third kappa shape index (κ3) is 2.69. The lowest BCUT2D eigenvalue weighted by Gasteiger charge is -2.32. The average Bonchev–Trinajstić information content (AvgIpc) is 2.39. The number of anilines is 1. The van der Waals surface area contributed by atoms with Gasteiger partial charge >= 0.3 is 5.97 Å². The third-order valence-corrected chi connectivity index (χ3v) is 2.53. The monoisotopic (exact) mass is 238 g/mol. The van der Waals surface area contributed by atoms with Crippen LogP contribution in [0.4, 0.5) is 5.95 Å². The number of hydrogen-bond donors (Lipinski definition) is 2. The lowest BCUT2D eigenvalue weighted by Crippen LogP contribution is -2.48. The maximum absolute atomic E-state index is 10.8. The Hall–Kier alpha value is -1.73. The van der Waals surface area contributed by atoms with E-state index in [9.17, 15) is 4.79 Å². The number of hydrogen-bond acceptors (Lipinski definition) is 6. The smallest absolute Gasteiger partial charge is 0.354 e. The van der Waals surface area contributed by atoms with Crippen LogP contribution in [0.2, 0.25) is 0 Å². The maximum atomic E-state index is 10.8. The zero-order valence-corrected chi connectivity index (χ0v) is 9.46. The van der Waals surface area contributed by atoms with Crippen molar-refractivity contribution in [3.8, 4) is 0 Å². The zero-order chi connectivity index (χ0) is 12.3. The minimum absolute atomic E-state index is 0.00231. The van der Waals surface area contributed by atoms with Crippen molar-refractivity contribution in [2.45, 2.75) is 6.23 Å². The molecule has 0 radical (unpaired) electrons. The van der Waals surface area contributed by atoms with Crippen LogP contribution in [0.1, 0.15) is 10.5 Å². The number of nitrogens with one attached hydrogen (secondary N) is 1. The van der Waals surface area contributed by atoms with Crippen LogP contribution >= 0.6 is 0 Å². The van der Waals surface area contributed by atoms with E-state index in [-0.39, 0.29) is 11.9 Å². The van der Waals surface area contributed by atoms with E-state index in [0.717, 1.165) is 0 Å². The van der Waals surface area contributed by atoms with E-state index in [1.165, 1.54) is 12.3 Å². The highest BCUT2D eigenvalue weighted by atomic mass is 16.5. The van der Waals surface area contributed by atoms with E-state index in [1.807, 2.05) is 11.9 Å². The van der Waals surface area contributed by atoms with Crippen molar-refractivity contribution in [1.82, 2.24) is 15.3 Å². The topological polar surface area (TPSA) is 87.6 Å². The van der Waals surface area contributed by atoms with Gasteiger partial charge in [-0.05, 0) is 13.1 Å². The minimum Gasteiger partial charge on any atom is -0.477 e. The van der Waals surface area contributed by atoms with Gasteiger partial charge in [0.25, 0.3) is 0 Å². The van der Waals surface area contributed by atoms with Gasteiger partial charge in [0.05, 0.1) is 13.2 Å². The molecule has 1 aliphatic heterocycles. The van der Waals surface area contributed by atoms with E-state index in [1.54, 1.807) is 0 Å². The van der Waals surface area contributed by atoms with Crippen LogP contribution in [0, 0.1) is 0 Å². The molecule has 17 heavy (non-hydrogen) atoms. The van der Waals surface area contributed by atoms with Crippen LogP contribution in [0.25, 0.3) is 0 Å². The van der Waals surface area contributed by atoms with Crippen molar-refractivity contribution in [2.24, 2.45) is 0 Å². The molecule has 0 saturated carbocycles. The molecule has 1 atom stereocenters. The molecule has 2 N–H and O–H groups in total. The Morgan fingerprint density at radius 2 is 2.53 bits per heavy atom. The van der Waals surface area contributed by atoms with Crippen molar-refractivity contribution in [1.29, 1.82) is 0 Å². The second kappa shape index (κ2) is 5.07. The number of aromatic nitrogens is 2. The SMILES string of the molecule is CNC1CN(c2nccc(C(=O)O)n2)CCO1. The van der Waals surface area contributed by atoms with Crippen molar-refractivity contribution in [3.63, 3.8) is 0 Å². The maximum Gasteiger partial charge on any atom is 0.354 e. The van der Waals surface area contributed by atoms with Crippen molar-refractivity contribution in [2.75, 3.05) is 31.6 Å². The van der Waals surface area contributed by atoms with Crippen LogP contribution in [0.5, 0.6) is 0 Å². The highest BCUT2D eigenvalue weighted by Crippen LogP contribution is 2.11. The summed E-state index contributed by atoms with van der Waals surface area (Å²) in [7, 11) is 1.81. The summed E-state index contributed by atoms with van der Waals surface area (Å²) in [4.78, 5) is 20.8. The molecule has 1 aromatic rings. The van der Waals surface area contributed by atoms with Crippen molar-refractivity contribution < 1.29 is 14.6 Å². The summed E-state index contributed by atoms with van der Waals surface area (Å²) in [5, 5.41) is 11.9. The van der Waals surface area contributed by atoms with E-state index in [4.69, 9.17) is 9.84 Å². The summed E-state index contributed by atoms with van der Waals surface area (Å²) in [6, 6.07) is 1.38. The molecule has 0 aromatic carbocycles. The van der Waals surface area contributed by atoms with Gasteiger partial charge in [-0.1, -0.05) is 0 Å². The highest BCUT2D eigenvalue weighted by Gasteiger charge is 2.21. The molecule has 1 unspecified atom stereocenters. The zero-order valence-electron chi connectivity index (χ0n) is 9.46. The first-order chi connectivity index (χ1) is 8.20. The molecule has 1 aromatic heterocycles. The molecular weight excluding hydrogens is 224 g/mol. The Morgan fingerprint density at radius 1 is 1.71 bits per heavy atom. The number of carboxylic acid groups (broad SMARTS) is 1. The molecule has 1 saturated heterocycles. The second-order valence-corrected chi connectivity index (χ2v) is 3.64. The first kappa shape index (κ1) is 11.7. The van der Waals surface area contributed by atoms with Gasteiger partial charge in [0.15, 0.2) is 5.69 Å². The Bertz CT molecular complexity index is 412. The number of ether oxygens (including phenoxy) is 1. The number of aromatic carboxylic acids is 1. The number of likely N-dealkylation sites (N-methyl/N-ethyl adjacent to an activating group) is 1. The fraction of sp³-hybridized carbons (Fsp3) is 0.500. The van der Waals surface area contributed by atoms with E-state index in [2.05, 4.69) is 15.3 Å². The lowest BCUT2D eigenvalue weighted by atomic mass is 10.4. The van der Waals surface area contributed by atoms with Gasteiger partial charge in [-0.15, -0.1) is 0 Å². The van der Waals surface area contributed by atoms with Crippen LogP contribution in [-0.4, -0.2) is 54.0 Å². The minimum atomic E-state index is -1.05. The summed E-state index contributed by atoms with van der Waals surface area (Å²) >= 11 is 0. The van der Waals surface area contributed by atoms with Crippen LogP contribution < -0.4 is 10.2 Å². The Morgan fingerprint density at radius 3 is 3.24 bits per heavy atom. The lowest BCUT2D eigenvalue weighted by molar-refractivity contribution is 0.0228. The van der Waals surface area contributed by atoms with Gasteiger partial charge in [-0.25, -0.2) is 14.8 Å². The summed E-state index contributed by atoms with van der Waals surface area (Å²) in [5.74, 6) is -0.625. The molecule has 1 fully saturated rings. The van der Waals surface area contributed by atoms with Gasteiger partial charge in [0.2, 0.25) is 5.95 Å². The van der Waals surface area contributed by atoms with Crippen molar-refractivity contribution >= 4 is 11.9 Å². The van der Waals surface area contributed by atoms with Crippen molar-refractivity contribution in [3.05, 3.63) is 18.0 Å². The van der Waals surface area contributed by atoms with Crippen LogP contribution in [0.15, 0.2) is 12.3 Å². The van der Waals surface area contributed by atoms with Crippen LogP contribution in [0.3, 0.4) is 0 Å². The van der Waals surface area contributed by atoms with Gasteiger partial charge in [0.1, 0.15) is 6.23 Å². The quantitative estimate of drug-likeness (QED) is 0.737. The molecule has 2 heterocycles. The predicted octanol–water partition coefficient (Wildman–Crippen LogP) is -0.443. The van der Waals surface area contributed by atoms with Gasteiger partial charge in [-0.2, -0.15) is 0 Å². The molecule has 1 aliphatic rings. The van der Waals surface area contributed by atoms with E-state index < -0.39 is 5.97 Å². The number of carboxylic acids is 1. The van der Waals surface area contributed by atoms with Gasteiger partial charge in [-0.3, -0.25) is 5.32 Å². The second-order valence-electron chi connectivity index (χ2n) is 3.64.